The molecule has 16 heavy (non-hydrogen) atoms. The fraction of sp³-hybridized carbons (Fsp3) is 0.667. The highest BCUT2D eigenvalue weighted by molar-refractivity contribution is 7.99. The average molecular weight is 261 g/mol. The van der Waals surface area contributed by atoms with Crippen LogP contribution in [0.3, 0.4) is 0 Å². The van der Waals surface area contributed by atoms with E-state index in [-0.39, 0.29) is 10.9 Å². The molecule has 2 atom stereocenters. The largest absolute Gasteiger partial charge is 0.284 e. The minimum atomic E-state index is -3.40. The molecule has 1 aromatic rings. The number of thioether (sulfide) groups is 1. The summed E-state index contributed by atoms with van der Waals surface area (Å²) >= 11 is 1.73. The number of aromatic amines is 1. The van der Waals surface area contributed by atoms with Crippen molar-refractivity contribution in [1.29, 1.82) is 0 Å². The van der Waals surface area contributed by atoms with E-state index in [2.05, 4.69) is 14.9 Å². The summed E-state index contributed by atoms with van der Waals surface area (Å²) in [5, 5.41) is 6.55. The lowest BCUT2D eigenvalue weighted by molar-refractivity contribution is 0.555. The molecule has 0 saturated heterocycles. The topological polar surface area (TPSA) is 74.8 Å². The second-order valence-corrected chi connectivity index (χ2v) is 6.66. The first-order chi connectivity index (χ1) is 7.63. The van der Waals surface area contributed by atoms with Crippen molar-refractivity contribution in [1.82, 2.24) is 14.9 Å². The van der Waals surface area contributed by atoms with Crippen molar-refractivity contribution >= 4 is 21.8 Å². The monoisotopic (exact) mass is 261 g/mol. The summed E-state index contributed by atoms with van der Waals surface area (Å²) in [5.74, 6) is 0. The van der Waals surface area contributed by atoms with Gasteiger partial charge >= 0.3 is 0 Å². The SMILES string of the molecule is CSC1CCCC1NS(=O)(=O)c1cn[nH]c1. The number of sulfonamides is 1. The van der Waals surface area contributed by atoms with Crippen LogP contribution >= 0.6 is 11.8 Å². The first kappa shape index (κ1) is 11.9. The van der Waals surface area contributed by atoms with E-state index < -0.39 is 10.0 Å². The van der Waals surface area contributed by atoms with Gasteiger partial charge in [0, 0.05) is 17.5 Å². The Kier molecular flexibility index (Phi) is 3.56. The van der Waals surface area contributed by atoms with E-state index in [4.69, 9.17) is 0 Å². The van der Waals surface area contributed by atoms with Gasteiger partial charge in [0.1, 0.15) is 4.90 Å². The van der Waals surface area contributed by atoms with Gasteiger partial charge in [-0.3, -0.25) is 5.10 Å². The van der Waals surface area contributed by atoms with Crippen molar-refractivity contribution in [3.05, 3.63) is 12.4 Å². The normalized spacial score (nSPS) is 26.1. The number of aromatic nitrogens is 2. The summed E-state index contributed by atoms with van der Waals surface area (Å²) < 4.78 is 26.6. The van der Waals surface area contributed by atoms with Crippen LogP contribution in [-0.4, -0.2) is 36.2 Å². The number of hydrogen-bond acceptors (Lipinski definition) is 4. The standard InChI is InChI=1S/C9H15N3O2S2/c1-15-9-4-2-3-8(9)12-16(13,14)7-5-10-11-6-7/h5-6,8-9,12H,2-4H2,1H3,(H,10,11). The molecule has 1 fully saturated rings. The maximum Gasteiger partial charge on any atom is 0.243 e. The van der Waals surface area contributed by atoms with Crippen molar-refractivity contribution in [2.24, 2.45) is 0 Å². The van der Waals surface area contributed by atoms with Gasteiger partial charge in [0.15, 0.2) is 0 Å². The Balaban J connectivity index is 2.10. The van der Waals surface area contributed by atoms with Crippen LogP contribution in [-0.2, 0) is 10.0 Å². The molecule has 2 unspecified atom stereocenters. The van der Waals surface area contributed by atoms with Gasteiger partial charge in [0.2, 0.25) is 10.0 Å². The Hall–Kier alpha value is -0.530. The summed E-state index contributed by atoms with van der Waals surface area (Å²) in [7, 11) is -3.40. The van der Waals surface area contributed by atoms with Gasteiger partial charge in [0.05, 0.1) is 6.20 Å². The molecule has 1 aliphatic rings. The average Bonchev–Trinajstić information content (AvgIpc) is 2.86. The first-order valence-corrected chi connectivity index (χ1v) is 7.94. The van der Waals surface area contributed by atoms with Gasteiger partial charge < -0.3 is 0 Å². The predicted octanol–water partition coefficient (Wildman–Crippen LogP) is 0.972. The highest BCUT2D eigenvalue weighted by atomic mass is 32.2. The molecule has 5 nitrogen and oxygen atoms in total. The van der Waals surface area contributed by atoms with Gasteiger partial charge in [-0.1, -0.05) is 6.42 Å². The van der Waals surface area contributed by atoms with E-state index in [0.29, 0.717) is 5.25 Å². The van der Waals surface area contributed by atoms with Crippen LogP contribution in [0, 0.1) is 0 Å². The molecule has 90 valence electrons. The van der Waals surface area contributed by atoms with E-state index in [1.54, 1.807) is 11.8 Å². The van der Waals surface area contributed by atoms with Crippen molar-refractivity contribution in [3.63, 3.8) is 0 Å². The highest BCUT2D eigenvalue weighted by Crippen LogP contribution is 2.29. The van der Waals surface area contributed by atoms with Gasteiger partial charge in [-0.15, -0.1) is 0 Å². The molecule has 0 aromatic carbocycles. The van der Waals surface area contributed by atoms with Gasteiger partial charge in [0.25, 0.3) is 0 Å². The Morgan fingerprint density at radius 2 is 2.38 bits per heavy atom. The number of H-pyrrole nitrogens is 1. The summed E-state index contributed by atoms with van der Waals surface area (Å²) in [4.78, 5) is 0.208. The fourth-order valence-corrected chi connectivity index (χ4v) is 4.23. The lowest BCUT2D eigenvalue weighted by atomic mass is 10.3. The quantitative estimate of drug-likeness (QED) is 0.847. The molecule has 1 aliphatic carbocycles. The second-order valence-electron chi connectivity index (χ2n) is 3.87. The molecule has 0 bridgehead atoms. The van der Waals surface area contributed by atoms with Crippen molar-refractivity contribution < 1.29 is 8.42 Å². The minimum Gasteiger partial charge on any atom is -0.284 e. The number of hydrogen-bond donors (Lipinski definition) is 2. The van der Waals surface area contributed by atoms with Crippen LogP contribution in [0.2, 0.25) is 0 Å². The predicted molar refractivity (Wildman–Crippen MR) is 63.9 cm³/mol. The van der Waals surface area contributed by atoms with Crippen LogP contribution in [0.15, 0.2) is 17.3 Å². The van der Waals surface area contributed by atoms with Crippen LogP contribution in [0.4, 0.5) is 0 Å². The fourth-order valence-electron chi connectivity index (χ4n) is 2.00. The summed E-state index contributed by atoms with van der Waals surface area (Å²) in [6, 6.07) is 0.0508. The zero-order valence-corrected chi connectivity index (χ0v) is 10.6. The molecular weight excluding hydrogens is 246 g/mol. The molecule has 0 aliphatic heterocycles. The third-order valence-corrected chi connectivity index (χ3v) is 5.47. The molecular formula is C9H15N3O2S2. The van der Waals surface area contributed by atoms with Gasteiger partial charge in [-0.05, 0) is 19.1 Å². The summed E-state index contributed by atoms with van der Waals surface area (Å²) in [6.45, 7) is 0. The molecule has 1 heterocycles. The molecule has 2 N–H and O–H groups in total. The number of nitrogens with zero attached hydrogens (tertiary/aromatic N) is 1. The lowest BCUT2D eigenvalue weighted by Crippen LogP contribution is -2.38. The molecule has 1 aromatic heterocycles. The van der Waals surface area contributed by atoms with E-state index in [1.807, 2.05) is 6.26 Å². The van der Waals surface area contributed by atoms with E-state index in [0.717, 1.165) is 19.3 Å². The van der Waals surface area contributed by atoms with Crippen molar-refractivity contribution in [2.75, 3.05) is 6.26 Å². The highest BCUT2D eigenvalue weighted by Gasteiger charge is 2.30. The third kappa shape index (κ3) is 2.41. The Morgan fingerprint density at radius 3 is 3.00 bits per heavy atom. The van der Waals surface area contributed by atoms with Crippen LogP contribution in [0.1, 0.15) is 19.3 Å². The van der Waals surface area contributed by atoms with E-state index in [1.165, 1.54) is 12.4 Å². The Morgan fingerprint density at radius 1 is 1.56 bits per heavy atom. The zero-order chi connectivity index (χ0) is 11.6. The molecule has 0 radical (unpaired) electrons. The second kappa shape index (κ2) is 4.77. The Labute approximate surface area is 99.4 Å². The summed E-state index contributed by atoms with van der Waals surface area (Å²) in [5.41, 5.74) is 0. The van der Waals surface area contributed by atoms with Crippen LogP contribution < -0.4 is 4.72 Å². The van der Waals surface area contributed by atoms with Crippen LogP contribution in [0.25, 0.3) is 0 Å². The lowest BCUT2D eigenvalue weighted by Gasteiger charge is -2.18. The van der Waals surface area contributed by atoms with Gasteiger partial charge in [-0.2, -0.15) is 16.9 Å². The molecule has 1 saturated carbocycles. The smallest absolute Gasteiger partial charge is 0.243 e. The van der Waals surface area contributed by atoms with E-state index in [9.17, 15) is 8.42 Å². The first-order valence-electron chi connectivity index (χ1n) is 5.17. The number of nitrogens with one attached hydrogen (secondary N) is 2. The maximum absolute atomic E-state index is 11.9. The van der Waals surface area contributed by atoms with E-state index >= 15 is 0 Å². The molecule has 2 rings (SSSR count). The molecule has 7 heteroatoms. The third-order valence-electron chi connectivity index (χ3n) is 2.85. The Bertz CT molecular complexity index is 430. The minimum absolute atomic E-state index is 0.0508. The van der Waals surface area contributed by atoms with Crippen molar-refractivity contribution in [3.8, 4) is 0 Å². The maximum atomic E-state index is 11.9. The summed E-state index contributed by atoms with van der Waals surface area (Å²) in [6.07, 6.45) is 7.83. The molecule has 0 amide bonds. The zero-order valence-electron chi connectivity index (χ0n) is 9.01. The number of rotatable bonds is 4. The van der Waals surface area contributed by atoms with Crippen molar-refractivity contribution in [2.45, 2.75) is 35.4 Å². The van der Waals surface area contributed by atoms with Gasteiger partial charge in [-0.25, -0.2) is 13.1 Å². The molecule has 0 spiro atoms. The van der Waals surface area contributed by atoms with Crippen LogP contribution in [0.5, 0.6) is 0 Å².